The van der Waals surface area contributed by atoms with E-state index in [1.807, 2.05) is 18.2 Å². The van der Waals surface area contributed by atoms with E-state index in [4.69, 9.17) is 0 Å². The van der Waals surface area contributed by atoms with Crippen molar-refractivity contribution in [3.8, 4) is 0 Å². The molecule has 2 saturated carbocycles. The maximum absolute atomic E-state index is 12.5. The molecule has 1 aromatic carbocycles. The Balaban J connectivity index is 1.75. The van der Waals surface area contributed by atoms with Gasteiger partial charge in [-0.05, 0) is 42.6 Å². The number of hydrogen-bond donors (Lipinski definition) is 0. The number of benzene rings is 1. The zero-order valence-corrected chi connectivity index (χ0v) is 9.80. The predicted octanol–water partition coefficient (Wildman–Crippen LogP) is 3.32. The van der Waals surface area contributed by atoms with Crippen LogP contribution >= 0.6 is 0 Å². The zero-order valence-electron chi connectivity index (χ0n) is 9.80. The van der Waals surface area contributed by atoms with Gasteiger partial charge in [-0.25, -0.2) is 0 Å². The minimum atomic E-state index is 0.337. The van der Waals surface area contributed by atoms with Crippen LogP contribution in [-0.4, -0.2) is 5.78 Å². The molecule has 3 aliphatic rings. The van der Waals surface area contributed by atoms with Crippen LogP contribution in [0.5, 0.6) is 0 Å². The van der Waals surface area contributed by atoms with Crippen molar-refractivity contribution >= 4 is 11.4 Å². The third-order valence-electron chi connectivity index (χ3n) is 4.99. The van der Waals surface area contributed by atoms with Crippen LogP contribution in [0.1, 0.15) is 24.8 Å². The van der Waals surface area contributed by atoms with Gasteiger partial charge in [0.1, 0.15) is 0 Å². The van der Waals surface area contributed by atoms with Gasteiger partial charge in [0.05, 0.1) is 0 Å². The lowest BCUT2D eigenvalue weighted by atomic mass is 9.81. The molecule has 2 fully saturated rings. The second-order valence-corrected chi connectivity index (χ2v) is 5.75. The van der Waals surface area contributed by atoms with Crippen LogP contribution in [0.3, 0.4) is 0 Å². The molecular weight excluding hydrogens is 208 g/mol. The molecule has 4 rings (SSSR count). The minimum absolute atomic E-state index is 0.337. The van der Waals surface area contributed by atoms with Crippen LogP contribution < -0.4 is 0 Å². The molecule has 0 radical (unpaired) electrons. The second-order valence-electron chi connectivity index (χ2n) is 5.75. The number of carbonyl (C=O) groups is 1. The van der Waals surface area contributed by atoms with Gasteiger partial charge in [0, 0.05) is 11.5 Å². The van der Waals surface area contributed by atoms with E-state index in [9.17, 15) is 4.79 Å². The van der Waals surface area contributed by atoms with Gasteiger partial charge in [-0.3, -0.25) is 4.79 Å². The average molecular weight is 224 g/mol. The standard InChI is InChI=1S/C16H16O/c17-16-14(10-4-2-1-3-5-10)9-13-11-6-7-12(8-11)15(13)16/h1-5,9,11-13,15H,6-8H2/t11-,12+,13+,15?/m1/s1. The topological polar surface area (TPSA) is 17.1 Å². The smallest absolute Gasteiger partial charge is 0.167 e. The molecule has 0 N–H and O–H groups in total. The van der Waals surface area contributed by atoms with Crippen LogP contribution in [0.2, 0.25) is 0 Å². The Labute approximate surface area is 102 Å². The first kappa shape index (κ1) is 9.64. The van der Waals surface area contributed by atoms with Crippen molar-refractivity contribution in [2.24, 2.45) is 23.7 Å². The van der Waals surface area contributed by atoms with Crippen LogP contribution in [0.15, 0.2) is 36.4 Å². The van der Waals surface area contributed by atoms with E-state index in [1.165, 1.54) is 19.3 Å². The molecule has 0 amide bonds. The summed E-state index contributed by atoms with van der Waals surface area (Å²) >= 11 is 0. The van der Waals surface area contributed by atoms with Gasteiger partial charge >= 0.3 is 0 Å². The van der Waals surface area contributed by atoms with Crippen LogP contribution in [-0.2, 0) is 4.79 Å². The van der Waals surface area contributed by atoms with Gasteiger partial charge in [0.25, 0.3) is 0 Å². The molecule has 17 heavy (non-hydrogen) atoms. The Morgan fingerprint density at radius 1 is 1.00 bits per heavy atom. The summed E-state index contributed by atoms with van der Waals surface area (Å²) in [6, 6.07) is 10.2. The third-order valence-corrected chi connectivity index (χ3v) is 4.99. The number of rotatable bonds is 1. The molecule has 0 saturated heterocycles. The fraction of sp³-hybridized carbons (Fsp3) is 0.438. The molecule has 1 heteroatoms. The third kappa shape index (κ3) is 1.23. The Morgan fingerprint density at radius 3 is 2.53 bits per heavy atom. The average Bonchev–Trinajstić information content (AvgIpc) is 3.03. The second kappa shape index (κ2) is 3.32. The van der Waals surface area contributed by atoms with E-state index >= 15 is 0 Å². The zero-order chi connectivity index (χ0) is 11.4. The predicted molar refractivity (Wildman–Crippen MR) is 67.2 cm³/mol. The summed E-state index contributed by atoms with van der Waals surface area (Å²) < 4.78 is 0. The van der Waals surface area contributed by atoms with E-state index < -0.39 is 0 Å². The molecule has 3 aliphatic carbocycles. The van der Waals surface area contributed by atoms with Gasteiger partial charge in [-0.2, -0.15) is 0 Å². The van der Waals surface area contributed by atoms with Crippen molar-refractivity contribution < 1.29 is 4.79 Å². The van der Waals surface area contributed by atoms with Gasteiger partial charge < -0.3 is 0 Å². The summed E-state index contributed by atoms with van der Waals surface area (Å²) in [5.74, 6) is 2.82. The van der Waals surface area contributed by atoms with Crippen LogP contribution in [0.25, 0.3) is 5.57 Å². The highest BCUT2D eigenvalue weighted by Gasteiger charge is 2.53. The molecule has 0 spiro atoms. The largest absolute Gasteiger partial charge is 0.294 e. The normalized spacial score (nSPS) is 38.4. The molecular formula is C16H16O. The fourth-order valence-electron chi connectivity index (χ4n) is 4.27. The lowest BCUT2D eigenvalue weighted by molar-refractivity contribution is -0.118. The number of fused-ring (bicyclic) bond motifs is 5. The summed E-state index contributed by atoms with van der Waals surface area (Å²) in [6.45, 7) is 0. The summed E-state index contributed by atoms with van der Waals surface area (Å²) in [7, 11) is 0. The Morgan fingerprint density at radius 2 is 1.76 bits per heavy atom. The first-order valence-corrected chi connectivity index (χ1v) is 6.66. The number of allylic oxidation sites excluding steroid dienone is 2. The highest BCUT2D eigenvalue weighted by Crippen LogP contribution is 2.57. The molecule has 0 aromatic heterocycles. The first-order chi connectivity index (χ1) is 8.34. The number of Topliss-reactive ketones (excluding diaryl/α,β-unsaturated/α-hetero) is 1. The maximum atomic E-state index is 12.5. The summed E-state index contributed by atoms with van der Waals surface area (Å²) in [4.78, 5) is 12.5. The molecule has 4 atom stereocenters. The Kier molecular flexibility index (Phi) is 1.88. The minimum Gasteiger partial charge on any atom is -0.294 e. The van der Waals surface area contributed by atoms with Crippen molar-refractivity contribution in [1.82, 2.24) is 0 Å². The molecule has 1 nitrogen and oxygen atoms in total. The summed E-state index contributed by atoms with van der Waals surface area (Å²) in [5, 5.41) is 0. The van der Waals surface area contributed by atoms with Crippen molar-refractivity contribution in [3.63, 3.8) is 0 Å². The fourth-order valence-corrected chi connectivity index (χ4v) is 4.27. The van der Waals surface area contributed by atoms with E-state index in [0.29, 0.717) is 23.5 Å². The van der Waals surface area contributed by atoms with Gasteiger partial charge in [-0.1, -0.05) is 36.4 Å². The maximum Gasteiger partial charge on any atom is 0.167 e. The molecule has 0 heterocycles. The van der Waals surface area contributed by atoms with E-state index in [1.54, 1.807) is 0 Å². The number of carbonyl (C=O) groups excluding carboxylic acids is 1. The Hall–Kier alpha value is -1.37. The highest BCUT2D eigenvalue weighted by molar-refractivity contribution is 6.24. The molecule has 1 aromatic rings. The van der Waals surface area contributed by atoms with Crippen molar-refractivity contribution in [2.75, 3.05) is 0 Å². The van der Waals surface area contributed by atoms with Gasteiger partial charge in [0.15, 0.2) is 5.78 Å². The van der Waals surface area contributed by atoms with Gasteiger partial charge in [-0.15, -0.1) is 0 Å². The van der Waals surface area contributed by atoms with Crippen molar-refractivity contribution in [1.29, 1.82) is 0 Å². The quantitative estimate of drug-likeness (QED) is 0.715. The van der Waals surface area contributed by atoms with E-state index in [0.717, 1.165) is 17.1 Å². The lowest BCUT2D eigenvalue weighted by Gasteiger charge is -2.22. The molecule has 2 bridgehead atoms. The summed E-state index contributed by atoms with van der Waals surface area (Å²) in [6.07, 6.45) is 6.22. The van der Waals surface area contributed by atoms with Crippen LogP contribution in [0, 0.1) is 23.7 Å². The summed E-state index contributed by atoms with van der Waals surface area (Å²) in [5.41, 5.74) is 2.11. The van der Waals surface area contributed by atoms with Gasteiger partial charge in [0.2, 0.25) is 0 Å². The lowest BCUT2D eigenvalue weighted by Crippen LogP contribution is -2.23. The monoisotopic (exact) mass is 224 g/mol. The van der Waals surface area contributed by atoms with Crippen molar-refractivity contribution in [3.05, 3.63) is 42.0 Å². The molecule has 0 aliphatic heterocycles. The number of hydrogen-bond acceptors (Lipinski definition) is 1. The highest BCUT2D eigenvalue weighted by atomic mass is 16.1. The first-order valence-electron chi connectivity index (χ1n) is 6.66. The van der Waals surface area contributed by atoms with E-state index in [2.05, 4.69) is 18.2 Å². The molecule has 86 valence electrons. The molecule has 1 unspecified atom stereocenters. The van der Waals surface area contributed by atoms with Crippen molar-refractivity contribution in [2.45, 2.75) is 19.3 Å². The number of ketones is 1. The SMILES string of the molecule is O=C1C(c2ccccc2)=C[C@@H]2C1[C@H]1CC[C@@H]2C1. The van der Waals surface area contributed by atoms with E-state index in [-0.39, 0.29) is 0 Å². The Bertz CT molecular complexity index is 500. The van der Waals surface area contributed by atoms with Crippen LogP contribution in [0.4, 0.5) is 0 Å².